The summed E-state index contributed by atoms with van der Waals surface area (Å²) >= 11 is 0. The molecule has 144 valence electrons. The third kappa shape index (κ3) is 4.34. The summed E-state index contributed by atoms with van der Waals surface area (Å²) in [5.74, 6) is -3.05. The quantitative estimate of drug-likeness (QED) is 0.618. The number of nitrogens with zero attached hydrogens (tertiary/aromatic N) is 2. The molecule has 1 heterocycles. The third-order valence-electron chi connectivity index (χ3n) is 3.67. The number of carbonyl (C=O) groups excluding carboxylic acids is 1. The van der Waals surface area contributed by atoms with Crippen molar-refractivity contribution in [2.24, 2.45) is 0 Å². The Morgan fingerprint density at radius 2 is 1.68 bits per heavy atom. The highest BCUT2D eigenvalue weighted by Crippen LogP contribution is 2.31. The molecule has 0 aliphatic carbocycles. The van der Waals surface area contributed by atoms with Crippen molar-refractivity contribution in [1.82, 2.24) is 15.3 Å². The second-order valence-corrected chi connectivity index (χ2v) is 5.69. The number of fused-ring (bicyclic) bond motifs is 1. The van der Waals surface area contributed by atoms with E-state index in [0.29, 0.717) is 11.1 Å². The zero-order valence-corrected chi connectivity index (χ0v) is 14.1. The number of carbonyl (C=O) groups is 2. The van der Waals surface area contributed by atoms with Crippen LogP contribution in [0.5, 0.6) is 0 Å². The Kier molecular flexibility index (Phi) is 5.12. The lowest BCUT2D eigenvalue weighted by Gasteiger charge is -2.12. The molecule has 10 heteroatoms. The first kappa shape index (κ1) is 19.1. The highest BCUT2D eigenvalue weighted by atomic mass is 19.4. The van der Waals surface area contributed by atoms with E-state index in [4.69, 9.17) is 5.11 Å². The smallest absolute Gasteiger partial charge is 0.451 e. The number of benzene rings is 2. The molecule has 2 aromatic carbocycles. The molecule has 0 saturated carbocycles. The largest absolute Gasteiger partial charge is 0.480 e. The first-order valence-corrected chi connectivity index (χ1v) is 7.95. The molecular formula is C18H13F3N4O3. The lowest BCUT2D eigenvalue weighted by molar-refractivity contribution is -0.144. The Hall–Kier alpha value is -3.69. The molecule has 3 rings (SSSR count). The lowest BCUT2D eigenvalue weighted by Crippen LogP contribution is -2.29. The molecule has 0 unspecified atom stereocenters. The van der Waals surface area contributed by atoms with Gasteiger partial charge in [-0.25, -0.2) is 9.97 Å². The van der Waals surface area contributed by atoms with Crippen LogP contribution in [0.25, 0.3) is 10.9 Å². The predicted octanol–water partition coefficient (Wildman–Crippen LogP) is 3.21. The molecule has 1 aromatic heterocycles. The average Bonchev–Trinajstić information content (AvgIpc) is 2.66. The first-order valence-electron chi connectivity index (χ1n) is 7.95. The summed E-state index contributed by atoms with van der Waals surface area (Å²) in [7, 11) is 0. The van der Waals surface area contributed by atoms with Gasteiger partial charge in [-0.2, -0.15) is 13.2 Å². The molecule has 0 aliphatic rings. The number of aliphatic carboxylic acids is 1. The molecular weight excluding hydrogens is 377 g/mol. The molecule has 0 aliphatic heterocycles. The van der Waals surface area contributed by atoms with E-state index in [9.17, 15) is 22.8 Å². The minimum atomic E-state index is -4.70. The molecule has 3 N–H and O–H groups in total. The second-order valence-electron chi connectivity index (χ2n) is 5.69. The monoisotopic (exact) mass is 390 g/mol. The summed E-state index contributed by atoms with van der Waals surface area (Å²) in [6, 6.07) is 12.0. The number of nitrogens with one attached hydrogen (secondary N) is 2. The molecule has 0 radical (unpaired) electrons. The Labute approximate surface area is 156 Å². The number of carboxylic acid groups (broad SMARTS) is 1. The number of hydrogen-bond donors (Lipinski definition) is 3. The number of aromatic nitrogens is 2. The van der Waals surface area contributed by atoms with Gasteiger partial charge in [-0.1, -0.05) is 12.1 Å². The van der Waals surface area contributed by atoms with Crippen LogP contribution >= 0.6 is 0 Å². The molecule has 0 atom stereocenters. The number of amides is 1. The molecule has 3 aromatic rings. The molecule has 1 amide bonds. The maximum atomic E-state index is 13.1. The van der Waals surface area contributed by atoms with Gasteiger partial charge in [-0.15, -0.1) is 0 Å². The van der Waals surface area contributed by atoms with Gasteiger partial charge in [0.25, 0.3) is 5.91 Å². The number of rotatable bonds is 5. The number of alkyl halides is 3. The molecule has 28 heavy (non-hydrogen) atoms. The zero-order chi connectivity index (χ0) is 20.3. The molecule has 0 fully saturated rings. The van der Waals surface area contributed by atoms with Gasteiger partial charge < -0.3 is 15.7 Å². The van der Waals surface area contributed by atoms with Gasteiger partial charge in [-0.05, 0) is 36.4 Å². The van der Waals surface area contributed by atoms with E-state index >= 15 is 0 Å². The van der Waals surface area contributed by atoms with E-state index in [-0.39, 0.29) is 16.9 Å². The minimum absolute atomic E-state index is 0.0268. The Bertz CT molecular complexity index is 1040. The van der Waals surface area contributed by atoms with Gasteiger partial charge in [0.05, 0.1) is 5.52 Å². The van der Waals surface area contributed by atoms with Gasteiger partial charge in [0.1, 0.15) is 12.4 Å². The van der Waals surface area contributed by atoms with Crippen LogP contribution in [-0.2, 0) is 11.0 Å². The average molecular weight is 390 g/mol. The van der Waals surface area contributed by atoms with E-state index in [1.165, 1.54) is 30.3 Å². The van der Waals surface area contributed by atoms with Crippen molar-refractivity contribution in [1.29, 1.82) is 0 Å². The highest BCUT2D eigenvalue weighted by molar-refractivity contribution is 5.96. The normalized spacial score (nSPS) is 11.2. The number of para-hydroxylation sites is 1. The Balaban J connectivity index is 1.88. The van der Waals surface area contributed by atoms with Crippen LogP contribution < -0.4 is 10.6 Å². The van der Waals surface area contributed by atoms with Crippen molar-refractivity contribution < 1.29 is 27.9 Å². The number of hydrogen-bond acceptors (Lipinski definition) is 5. The van der Waals surface area contributed by atoms with E-state index in [1.54, 1.807) is 18.2 Å². The van der Waals surface area contributed by atoms with Gasteiger partial charge in [-0.3, -0.25) is 9.59 Å². The van der Waals surface area contributed by atoms with Crippen molar-refractivity contribution in [3.05, 3.63) is 59.9 Å². The molecule has 7 nitrogen and oxygen atoms in total. The van der Waals surface area contributed by atoms with Crippen LogP contribution in [0.4, 0.5) is 24.7 Å². The van der Waals surface area contributed by atoms with Crippen LogP contribution in [-0.4, -0.2) is 33.5 Å². The zero-order valence-electron chi connectivity index (χ0n) is 14.1. The Morgan fingerprint density at radius 3 is 2.32 bits per heavy atom. The minimum Gasteiger partial charge on any atom is -0.480 e. The maximum absolute atomic E-state index is 13.1. The fraction of sp³-hybridized carbons (Fsp3) is 0.111. The van der Waals surface area contributed by atoms with Gasteiger partial charge >= 0.3 is 12.1 Å². The summed E-state index contributed by atoms with van der Waals surface area (Å²) in [4.78, 5) is 29.4. The van der Waals surface area contributed by atoms with Gasteiger partial charge in [0.15, 0.2) is 0 Å². The van der Waals surface area contributed by atoms with Gasteiger partial charge in [0, 0.05) is 16.6 Å². The number of anilines is 2. The van der Waals surface area contributed by atoms with Gasteiger partial charge in [0.2, 0.25) is 5.82 Å². The topological polar surface area (TPSA) is 104 Å². The number of halogens is 3. The summed E-state index contributed by atoms with van der Waals surface area (Å²) < 4.78 is 39.2. The molecule has 0 saturated heterocycles. The second kappa shape index (κ2) is 7.51. The summed E-state index contributed by atoms with van der Waals surface area (Å²) in [6.45, 7) is -0.522. The van der Waals surface area contributed by atoms with Crippen molar-refractivity contribution in [3.63, 3.8) is 0 Å². The molecule has 0 spiro atoms. The summed E-state index contributed by atoms with van der Waals surface area (Å²) in [6.07, 6.45) is -4.70. The predicted molar refractivity (Wildman–Crippen MR) is 94.2 cm³/mol. The van der Waals surface area contributed by atoms with Crippen molar-refractivity contribution in [2.75, 3.05) is 11.9 Å². The lowest BCUT2D eigenvalue weighted by atomic mass is 10.2. The van der Waals surface area contributed by atoms with E-state index < -0.39 is 30.4 Å². The van der Waals surface area contributed by atoms with Crippen LogP contribution in [0, 0.1) is 0 Å². The standard InChI is InChI=1S/C18H13F3N4O3/c19-18(20,21)17-24-13-4-2-1-3-12(13)15(25-17)23-11-7-5-10(6-8-11)16(28)22-9-14(26)27/h1-8H,9H2,(H,22,28)(H,26,27)(H,23,24,25). The molecule has 0 bridgehead atoms. The fourth-order valence-electron chi connectivity index (χ4n) is 2.40. The maximum Gasteiger partial charge on any atom is 0.451 e. The third-order valence-corrected chi connectivity index (χ3v) is 3.67. The van der Waals surface area contributed by atoms with Crippen LogP contribution in [0.3, 0.4) is 0 Å². The van der Waals surface area contributed by atoms with E-state index in [2.05, 4.69) is 20.6 Å². The van der Waals surface area contributed by atoms with Crippen LogP contribution in [0.1, 0.15) is 16.2 Å². The fourth-order valence-corrected chi connectivity index (χ4v) is 2.40. The Morgan fingerprint density at radius 1 is 1.00 bits per heavy atom. The summed E-state index contributed by atoms with van der Waals surface area (Å²) in [5, 5.41) is 14.0. The summed E-state index contributed by atoms with van der Waals surface area (Å²) in [5.41, 5.74) is 0.735. The van der Waals surface area contributed by atoms with E-state index in [1.807, 2.05) is 0 Å². The van der Waals surface area contributed by atoms with Crippen LogP contribution in [0.2, 0.25) is 0 Å². The SMILES string of the molecule is O=C(O)CNC(=O)c1ccc(Nc2nc(C(F)(F)F)nc3ccccc23)cc1. The van der Waals surface area contributed by atoms with Crippen molar-refractivity contribution >= 4 is 34.3 Å². The van der Waals surface area contributed by atoms with Crippen molar-refractivity contribution in [3.8, 4) is 0 Å². The number of carboxylic acids is 1. The first-order chi connectivity index (χ1) is 13.2. The van der Waals surface area contributed by atoms with Crippen LogP contribution in [0.15, 0.2) is 48.5 Å². The highest BCUT2D eigenvalue weighted by Gasteiger charge is 2.35. The van der Waals surface area contributed by atoms with E-state index in [0.717, 1.165) is 0 Å². The van der Waals surface area contributed by atoms with Crippen molar-refractivity contribution in [2.45, 2.75) is 6.18 Å².